The van der Waals surface area contributed by atoms with Crippen LogP contribution in [0.5, 0.6) is 11.5 Å². The Morgan fingerprint density at radius 1 is 0.408 bits per heavy atom. The molecule has 0 unspecified atom stereocenters. The number of nitrogens with zero attached hydrogens (tertiary/aromatic N) is 1. The largest absolute Gasteiger partial charge is 0.456 e. The molecular formula is C47H29NO. The minimum atomic E-state index is -0.483. The van der Waals surface area contributed by atoms with E-state index in [4.69, 9.17) is 4.74 Å². The Morgan fingerprint density at radius 3 is 1.88 bits per heavy atom. The molecule has 0 amide bonds. The van der Waals surface area contributed by atoms with Gasteiger partial charge in [-0.15, -0.1) is 0 Å². The minimum absolute atomic E-state index is 0.483. The van der Waals surface area contributed by atoms with Crippen molar-refractivity contribution in [3.63, 3.8) is 0 Å². The molecule has 1 aliphatic carbocycles. The van der Waals surface area contributed by atoms with E-state index in [9.17, 15) is 0 Å². The van der Waals surface area contributed by atoms with Gasteiger partial charge in [0, 0.05) is 33.2 Å². The Kier molecular flexibility index (Phi) is 5.34. The Hall–Kier alpha value is -6.38. The van der Waals surface area contributed by atoms with Gasteiger partial charge in [0.2, 0.25) is 0 Å². The van der Waals surface area contributed by atoms with E-state index in [0.29, 0.717) is 0 Å². The number of para-hydroxylation sites is 3. The van der Waals surface area contributed by atoms with Crippen LogP contribution in [-0.2, 0) is 5.41 Å². The molecule has 0 N–H and O–H groups in total. The topological polar surface area (TPSA) is 14.2 Å². The smallest absolute Gasteiger partial charge is 0.140 e. The average molecular weight is 624 g/mol. The van der Waals surface area contributed by atoms with Crippen molar-refractivity contribution in [3.05, 3.63) is 198 Å². The number of hydrogen-bond donors (Lipinski definition) is 0. The molecule has 0 atom stereocenters. The van der Waals surface area contributed by atoms with Gasteiger partial charge < -0.3 is 9.30 Å². The van der Waals surface area contributed by atoms with Crippen LogP contribution in [0.25, 0.3) is 60.5 Å². The number of ether oxygens (including phenoxy) is 1. The lowest BCUT2D eigenvalue weighted by Gasteiger charge is -2.40. The number of benzene rings is 8. The Labute approximate surface area is 284 Å². The number of aromatic nitrogens is 1. The molecule has 49 heavy (non-hydrogen) atoms. The van der Waals surface area contributed by atoms with Crippen LogP contribution >= 0.6 is 0 Å². The predicted octanol–water partition coefficient (Wildman–Crippen LogP) is 12.1. The molecular weight excluding hydrogens is 595 g/mol. The van der Waals surface area contributed by atoms with Gasteiger partial charge in [-0.3, -0.25) is 0 Å². The van der Waals surface area contributed by atoms with Crippen LogP contribution in [0.4, 0.5) is 0 Å². The van der Waals surface area contributed by atoms with Gasteiger partial charge in [-0.2, -0.15) is 0 Å². The lowest BCUT2D eigenvalue weighted by Crippen LogP contribution is -2.32. The highest BCUT2D eigenvalue weighted by molar-refractivity contribution is 6.11. The van der Waals surface area contributed by atoms with Gasteiger partial charge in [-0.05, 0) is 75.0 Å². The lowest BCUT2D eigenvalue weighted by molar-refractivity contribution is 0.438. The third-order valence-corrected chi connectivity index (χ3v) is 10.8. The van der Waals surface area contributed by atoms with Crippen LogP contribution in [0.15, 0.2) is 176 Å². The van der Waals surface area contributed by atoms with Crippen molar-refractivity contribution in [1.29, 1.82) is 0 Å². The van der Waals surface area contributed by atoms with Crippen LogP contribution in [0.1, 0.15) is 22.3 Å². The van der Waals surface area contributed by atoms with E-state index in [1.54, 1.807) is 0 Å². The van der Waals surface area contributed by atoms with Crippen molar-refractivity contribution in [2.45, 2.75) is 5.41 Å². The van der Waals surface area contributed by atoms with E-state index in [1.807, 2.05) is 0 Å². The van der Waals surface area contributed by atoms with E-state index >= 15 is 0 Å². The van der Waals surface area contributed by atoms with Crippen LogP contribution in [0.3, 0.4) is 0 Å². The quantitative estimate of drug-likeness (QED) is 0.187. The molecule has 0 fully saturated rings. The predicted molar refractivity (Wildman–Crippen MR) is 201 cm³/mol. The van der Waals surface area contributed by atoms with E-state index < -0.39 is 5.41 Å². The Bertz CT molecular complexity index is 2770. The first-order valence-corrected chi connectivity index (χ1v) is 16.9. The number of fused-ring (bicyclic) bond motifs is 13. The molecule has 8 aromatic carbocycles. The molecule has 11 rings (SSSR count). The molecule has 1 spiro atoms. The zero-order valence-electron chi connectivity index (χ0n) is 26.6. The molecule has 2 aliphatic rings. The molecule has 0 bridgehead atoms. The average Bonchev–Trinajstić information content (AvgIpc) is 3.65. The molecule has 1 aliphatic heterocycles. The summed E-state index contributed by atoms with van der Waals surface area (Å²) in [5.41, 5.74) is 12.8. The summed E-state index contributed by atoms with van der Waals surface area (Å²) in [5, 5.41) is 4.94. The second-order valence-electron chi connectivity index (χ2n) is 13.2. The van der Waals surface area contributed by atoms with Crippen LogP contribution in [0, 0.1) is 0 Å². The summed E-state index contributed by atoms with van der Waals surface area (Å²) in [6.07, 6.45) is 0. The molecule has 2 nitrogen and oxygen atoms in total. The summed E-state index contributed by atoms with van der Waals surface area (Å²) in [4.78, 5) is 0. The highest BCUT2D eigenvalue weighted by Crippen LogP contribution is 2.63. The van der Waals surface area contributed by atoms with Crippen molar-refractivity contribution in [2.75, 3.05) is 0 Å². The van der Waals surface area contributed by atoms with E-state index in [0.717, 1.165) is 28.3 Å². The lowest BCUT2D eigenvalue weighted by atomic mass is 9.65. The van der Waals surface area contributed by atoms with Gasteiger partial charge in [-0.1, -0.05) is 140 Å². The highest BCUT2D eigenvalue weighted by atomic mass is 16.5. The first kappa shape index (κ1) is 26.7. The molecule has 0 saturated heterocycles. The zero-order chi connectivity index (χ0) is 32.1. The van der Waals surface area contributed by atoms with Crippen LogP contribution < -0.4 is 4.74 Å². The third-order valence-electron chi connectivity index (χ3n) is 10.8. The first-order chi connectivity index (χ1) is 24.3. The van der Waals surface area contributed by atoms with Gasteiger partial charge in [0.05, 0.1) is 16.4 Å². The zero-order valence-corrected chi connectivity index (χ0v) is 26.6. The first-order valence-electron chi connectivity index (χ1n) is 16.9. The molecule has 0 radical (unpaired) electrons. The third kappa shape index (κ3) is 3.50. The maximum atomic E-state index is 6.99. The van der Waals surface area contributed by atoms with E-state index in [-0.39, 0.29) is 0 Å². The molecule has 1 aromatic heterocycles. The van der Waals surface area contributed by atoms with Gasteiger partial charge in [0.1, 0.15) is 11.5 Å². The maximum Gasteiger partial charge on any atom is 0.140 e. The number of hydrogen-bond acceptors (Lipinski definition) is 1. The fourth-order valence-corrected chi connectivity index (χ4v) is 8.84. The van der Waals surface area contributed by atoms with Gasteiger partial charge in [0.15, 0.2) is 0 Å². The van der Waals surface area contributed by atoms with Crippen LogP contribution in [-0.4, -0.2) is 4.57 Å². The van der Waals surface area contributed by atoms with Gasteiger partial charge >= 0.3 is 0 Å². The molecule has 9 aromatic rings. The van der Waals surface area contributed by atoms with Crippen molar-refractivity contribution in [2.24, 2.45) is 0 Å². The van der Waals surface area contributed by atoms with Gasteiger partial charge in [-0.25, -0.2) is 0 Å². The standard InChI is InChI=1S/C47H29NO/c1-2-13-31-28-33(26-24-30(31)12-1)48-43-22-9-5-16-37(43)38-29-32(25-27-44(38)48)34-17-11-21-42-46(34)49-45-23-10-8-20-41(45)47(42)39-18-6-3-14-35(39)36-15-4-7-19-40(36)47/h1-29H. The molecule has 228 valence electrons. The summed E-state index contributed by atoms with van der Waals surface area (Å²) < 4.78 is 9.39. The molecule has 2 heterocycles. The summed E-state index contributed by atoms with van der Waals surface area (Å²) in [6, 6.07) is 64.1. The summed E-state index contributed by atoms with van der Waals surface area (Å²) >= 11 is 0. The Balaban J connectivity index is 1.17. The second kappa shape index (κ2) is 9.82. The summed E-state index contributed by atoms with van der Waals surface area (Å²) in [6.45, 7) is 0. The van der Waals surface area contributed by atoms with Gasteiger partial charge in [0.25, 0.3) is 0 Å². The SMILES string of the molecule is c1ccc2c(c1)Oc1c(-c3ccc4c(c3)c3ccccc3n4-c3ccc4ccccc4c3)cccc1C21c2ccccc2-c2ccccc21. The summed E-state index contributed by atoms with van der Waals surface area (Å²) in [7, 11) is 0. The van der Waals surface area contributed by atoms with Crippen molar-refractivity contribution >= 4 is 32.6 Å². The number of rotatable bonds is 2. The highest BCUT2D eigenvalue weighted by Gasteiger charge is 2.51. The monoisotopic (exact) mass is 623 g/mol. The van der Waals surface area contributed by atoms with E-state index in [1.165, 1.54) is 66.0 Å². The second-order valence-corrected chi connectivity index (χ2v) is 13.2. The van der Waals surface area contributed by atoms with Crippen molar-refractivity contribution < 1.29 is 4.74 Å². The fourth-order valence-electron chi connectivity index (χ4n) is 8.84. The molecule has 2 heteroatoms. The maximum absolute atomic E-state index is 6.99. The minimum Gasteiger partial charge on any atom is -0.456 e. The molecule has 0 saturated carbocycles. The fraction of sp³-hybridized carbons (Fsp3) is 0.0213. The Morgan fingerprint density at radius 2 is 1.04 bits per heavy atom. The normalized spacial score (nSPS) is 13.6. The van der Waals surface area contributed by atoms with Crippen LogP contribution in [0.2, 0.25) is 0 Å². The van der Waals surface area contributed by atoms with Crippen molar-refractivity contribution in [1.82, 2.24) is 4.57 Å². The van der Waals surface area contributed by atoms with Crippen molar-refractivity contribution in [3.8, 4) is 39.4 Å². The summed E-state index contributed by atoms with van der Waals surface area (Å²) in [5.74, 6) is 1.83. The van der Waals surface area contributed by atoms with E-state index in [2.05, 4.69) is 180 Å².